The zero-order valence-electron chi connectivity index (χ0n) is 12.7. The van der Waals surface area contributed by atoms with E-state index >= 15 is 0 Å². The fraction of sp³-hybridized carbons (Fsp3) is 0.438. The van der Waals surface area contributed by atoms with Gasteiger partial charge in [-0.15, -0.1) is 0 Å². The summed E-state index contributed by atoms with van der Waals surface area (Å²) in [6.07, 6.45) is 3.42. The van der Waals surface area contributed by atoms with Gasteiger partial charge in [0.05, 0.1) is 0 Å². The van der Waals surface area contributed by atoms with Crippen LogP contribution in [0.2, 0.25) is 0 Å². The van der Waals surface area contributed by atoms with Gasteiger partial charge < -0.3 is 14.9 Å². The second kappa shape index (κ2) is 7.82. The summed E-state index contributed by atoms with van der Waals surface area (Å²) in [5.41, 5.74) is 0.907. The van der Waals surface area contributed by atoms with Gasteiger partial charge in [0.2, 0.25) is 0 Å². The predicted octanol–water partition coefficient (Wildman–Crippen LogP) is 1.71. The topological polar surface area (TPSA) is 43.8 Å². The summed E-state index contributed by atoms with van der Waals surface area (Å²) in [5.74, 6) is 0.320. The lowest BCUT2D eigenvalue weighted by Gasteiger charge is -2.22. The Labute approximate surface area is 121 Å². The number of nitrogens with zero attached hydrogens (tertiary/aromatic N) is 2. The van der Waals surface area contributed by atoms with Crippen molar-refractivity contribution in [1.29, 1.82) is 0 Å². The molecule has 0 atom stereocenters. The maximum absolute atomic E-state index is 12.3. The quantitative estimate of drug-likeness (QED) is 0.770. The van der Waals surface area contributed by atoms with Crippen molar-refractivity contribution in [3.05, 3.63) is 35.9 Å². The van der Waals surface area contributed by atoms with E-state index in [-0.39, 0.29) is 17.5 Å². The van der Waals surface area contributed by atoms with Crippen LogP contribution in [0.1, 0.15) is 5.56 Å². The van der Waals surface area contributed by atoms with Crippen molar-refractivity contribution >= 4 is 11.9 Å². The van der Waals surface area contributed by atoms with Crippen LogP contribution in [0.15, 0.2) is 30.3 Å². The summed E-state index contributed by atoms with van der Waals surface area (Å²) in [7, 11) is 7.89. The van der Waals surface area contributed by atoms with Crippen molar-refractivity contribution in [2.75, 3.05) is 41.3 Å². The highest BCUT2D eigenvalue weighted by atomic mass is 16.3. The molecule has 0 amide bonds. The van der Waals surface area contributed by atoms with E-state index < -0.39 is 0 Å². The third-order valence-electron chi connectivity index (χ3n) is 2.91. The Morgan fingerprint density at radius 2 is 1.60 bits per heavy atom. The molecule has 0 aliphatic heterocycles. The molecule has 0 unspecified atom stereocenters. The van der Waals surface area contributed by atoms with Gasteiger partial charge in [-0.05, 0) is 52.0 Å². The Morgan fingerprint density at radius 3 is 2.05 bits per heavy atom. The molecule has 0 saturated heterocycles. The molecule has 0 aromatic heterocycles. The molecular formula is C16H24N2O2. The Hall–Kier alpha value is -1.65. The van der Waals surface area contributed by atoms with E-state index in [0.29, 0.717) is 0 Å². The fourth-order valence-corrected chi connectivity index (χ4v) is 2.02. The number of hydrogen-bond acceptors (Lipinski definition) is 4. The Morgan fingerprint density at radius 1 is 1.10 bits per heavy atom. The van der Waals surface area contributed by atoms with Gasteiger partial charge in [-0.2, -0.15) is 0 Å². The van der Waals surface area contributed by atoms with Crippen LogP contribution in [0.5, 0.6) is 5.75 Å². The molecule has 1 rings (SSSR count). The van der Waals surface area contributed by atoms with E-state index in [1.165, 1.54) is 0 Å². The third-order valence-corrected chi connectivity index (χ3v) is 2.91. The first-order chi connectivity index (χ1) is 9.38. The zero-order chi connectivity index (χ0) is 15.1. The highest BCUT2D eigenvalue weighted by molar-refractivity contribution is 5.95. The first-order valence-corrected chi connectivity index (χ1v) is 6.69. The van der Waals surface area contributed by atoms with E-state index in [9.17, 15) is 9.90 Å². The molecule has 0 heterocycles. The van der Waals surface area contributed by atoms with Crippen LogP contribution in [-0.2, 0) is 4.79 Å². The van der Waals surface area contributed by atoms with Crippen molar-refractivity contribution < 1.29 is 9.90 Å². The van der Waals surface area contributed by atoms with Crippen LogP contribution in [0.25, 0.3) is 6.08 Å². The van der Waals surface area contributed by atoms with Gasteiger partial charge in [-0.25, -0.2) is 0 Å². The van der Waals surface area contributed by atoms with Gasteiger partial charge in [0.25, 0.3) is 0 Å². The van der Waals surface area contributed by atoms with Crippen molar-refractivity contribution in [1.82, 2.24) is 9.80 Å². The molecule has 0 fully saturated rings. The first-order valence-electron chi connectivity index (χ1n) is 6.69. The normalized spacial score (nSPS) is 11.9. The number of aromatic hydroxyl groups is 1. The molecule has 0 aliphatic rings. The summed E-state index contributed by atoms with van der Waals surface area (Å²) in [5, 5.41) is 9.22. The van der Waals surface area contributed by atoms with Gasteiger partial charge in [-0.1, -0.05) is 18.2 Å². The van der Waals surface area contributed by atoms with Gasteiger partial charge >= 0.3 is 0 Å². The van der Waals surface area contributed by atoms with E-state index in [2.05, 4.69) is 0 Å². The van der Waals surface area contributed by atoms with Crippen molar-refractivity contribution in [2.24, 2.45) is 5.92 Å². The fourth-order valence-electron chi connectivity index (χ4n) is 2.02. The molecule has 4 nitrogen and oxygen atoms in total. The number of allylic oxidation sites excluding steroid dienone is 1. The zero-order valence-corrected chi connectivity index (χ0v) is 12.7. The van der Waals surface area contributed by atoms with Crippen molar-refractivity contribution in [2.45, 2.75) is 0 Å². The molecule has 0 spiro atoms. The Balaban J connectivity index is 2.71. The number of carbonyl (C=O) groups excluding carboxylic acids is 1. The van der Waals surface area contributed by atoms with Crippen LogP contribution >= 0.6 is 0 Å². The van der Waals surface area contributed by atoms with Crippen molar-refractivity contribution in [3.8, 4) is 5.75 Å². The molecule has 110 valence electrons. The smallest absolute Gasteiger partial charge is 0.161 e. The SMILES string of the molecule is CN(C)CC(CN(C)C)C(=O)C=Cc1ccc(O)cc1. The standard InChI is InChI=1S/C16H24N2O2/c1-17(2)11-14(12-18(3)4)16(20)10-7-13-5-8-15(19)9-6-13/h5-10,14,19H,11-12H2,1-4H3. The first kappa shape index (κ1) is 16.4. The van der Waals surface area contributed by atoms with Gasteiger partial charge in [-0.3, -0.25) is 4.79 Å². The van der Waals surface area contributed by atoms with E-state index in [1.807, 2.05) is 38.0 Å². The monoisotopic (exact) mass is 276 g/mol. The van der Waals surface area contributed by atoms with Crippen LogP contribution in [0.4, 0.5) is 0 Å². The molecule has 0 aliphatic carbocycles. The van der Waals surface area contributed by atoms with Crippen LogP contribution < -0.4 is 0 Å². The molecule has 1 aromatic rings. The number of phenolic OH excluding ortho intramolecular Hbond substituents is 1. The summed E-state index contributed by atoms with van der Waals surface area (Å²) in [6.45, 7) is 1.47. The molecule has 0 saturated carbocycles. The second-order valence-corrected chi connectivity index (χ2v) is 5.55. The summed E-state index contributed by atoms with van der Waals surface area (Å²) < 4.78 is 0. The minimum atomic E-state index is -0.0339. The van der Waals surface area contributed by atoms with E-state index in [4.69, 9.17) is 0 Å². The Bertz CT molecular complexity index is 440. The molecule has 20 heavy (non-hydrogen) atoms. The van der Waals surface area contributed by atoms with Crippen LogP contribution in [-0.4, -0.2) is 62.0 Å². The second-order valence-electron chi connectivity index (χ2n) is 5.55. The summed E-state index contributed by atoms with van der Waals surface area (Å²) in [6, 6.07) is 6.79. The number of phenols is 1. The van der Waals surface area contributed by atoms with Crippen LogP contribution in [0, 0.1) is 5.92 Å². The summed E-state index contributed by atoms with van der Waals surface area (Å²) >= 11 is 0. The summed E-state index contributed by atoms with van der Waals surface area (Å²) in [4.78, 5) is 16.3. The predicted molar refractivity (Wildman–Crippen MR) is 82.7 cm³/mol. The lowest BCUT2D eigenvalue weighted by molar-refractivity contribution is -0.119. The number of carbonyl (C=O) groups is 1. The van der Waals surface area contributed by atoms with Crippen molar-refractivity contribution in [3.63, 3.8) is 0 Å². The minimum absolute atomic E-state index is 0.0339. The third kappa shape index (κ3) is 5.99. The maximum atomic E-state index is 12.3. The van der Waals surface area contributed by atoms with Gasteiger partial charge in [0.1, 0.15) is 5.75 Å². The highest BCUT2D eigenvalue weighted by Crippen LogP contribution is 2.12. The largest absolute Gasteiger partial charge is 0.508 e. The number of hydrogen-bond donors (Lipinski definition) is 1. The number of rotatable bonds is 7. The average Bonchev–Trinajstić information content (AvgIpc) is 2.36. The molecule has 4 heteroatoms. The molecule has 0 radical (unpaired) electrons. The highest BCUT2D eigenvalue weighted by Gasteiger charge is 2.17. The van der Waals surface area contributed by atoms with Crippen LogP contribution in [0.3, 0.4) is 0 Å². The van der Waals surface area contributed by atoms with Gasteiger partial charge in [0.15, 0.2) is 5.78 Å². The number of benzene rings is 1. The Kier molecular flexibility index (Phi) is 6.42. The van der Waals surface area contributed by atoms with Gasteiger partial charge in [0, 0.05) is 19.0 Å². The molecule has 0 bridgehead atoms. The lowest BCUT2D eigenvalue weighted by atomic mass is 10.0. The maximum Gasteiger partial charge on any atom is 0.161 e. The van der Waals surface area contributed by atoms with E-state index in [1.54, 1.807) is 36.4 Å². The molecule has 1 aromatic carbocycles. The molecular weight excluding hydrogens is 252 g/mol. The number of ketones is 1. The average molecular weight is 276 g/mol. The molecule has 1 N–H and O–H groups in total. The lowest BCUT2D eigenvalue weighted by Crippen LogP contribution is -2.34. The minimum Gasteiger partial charge on any atom is -0.508 e. The van der Waals surface area contributed by atoms with E-state index in [0.717, 1.165) is 18.7 Å².